The quantitative estimate of drug-likeness (QED) is 0.806. The molecule has 0 radical (unpaired) electrons. The Labute approximate surface area is 88.1 Å². The van der Waals surface area contributed by atoms with Gasteiger partial charge in [-0.3, -0.25) is 0 Å². The second-order valence-electron chi connectivity index (χ2n) is 3.51. The van der Waals surface area contributed by atoms with Gasteiger partial charge in [0.2, 0.25) is 0 Å². The smallest absolute Gasteiger partial charge is 0.146 e. The molecule has 1 nitrogen and oxygen atoms in total. The molecule has 1 aliphatic rings. The third kappa shape index (κ3) is 2.41. The number of hydrogen-bond acceptors (Lipinski definition) is 2. The lowest BCUT2D eigenvalue weighted by molar-refractivity contribution is 0.614. The molecular formula is C11H14FNS. The summed E-state index contributed by atoms with van der Waals surface area (Å²) in [5, 5.41) is 3.26. The number of para-hydroxylation sites is 1. The van der Waals surface area contributed by atoms with Gasteiger partial charge >= 0.3 is 0 Å². The molecule has 1 aliphatic heterocycles. The van der Waals surface area contributed by atoms with Crippen molar-refractivity contribution in [3.63, 3.8) is 0 Å². The third-order valence-corrected chi connectivity index (χ3v) is 3.50. The number of benzene rings is 1. The van der Waals surface area contributed by atoms with Crippen LogP contribution >= 0.6 is 11.8 Å². The monoisotopic (exact) mass is 211 g/mol. The van der Waals surface area contributed by atoms with Crippen LogP contribution in [-0.2, 0) is 0 Å². The van der Waals surface area contributed by atoms with Crippen LogP contribution in [0.5, 0.6) is 0 Å². The second kappa shape index (κ2) is 4.69. The minimum absolute atomic E-state index is 0.147. The Kier molecular flexibility index (Phi) is 3.30. The van der Waals surface area contributed by atoms with Gasteiger partial charge in [-0.1, -0.05) is 12.1 Å². The summed E-state index contributed by atoms with van der Waals surface area (Å²) in [5.74, 6) is 2.23. The molecule has 14 heavy (non-hydrogen) atoms. The van der Waals surface area contributed by atoms with Crippen LogP contribution in [0.25, 0.3) is 0 Å². The first-order valence-corrected chi connectivity index (χ1v) is 6.10. The molecule has 0 aromatic heterocycles. The number of nitrogens with one attached hydrogen (secondary N) is 1. The number of rotatable bonds is 2. The maximum Gasteiger partial charge on any atom is 0.146 e. The Morgan fingerprint density at radius 1 is 1.21 bits per heavy atom. The summed E-state index contributed by atoms with van der Waals surface area (Å²) in [6.45, 7) is 0. The summed E-state index contributed by atoms with van der Waals surface area (Å²) in [6, 6.07) is 7.34. The lowest BCUT2D eigenvalue weighted by atomic mass is 10.1. The zero-order valence-electron chi connectivity index (χ0n) is 8.00. The van der Waals surface area contributed by atoms with Crippen LogP contribution in [0.15, 0.2) is 24.3 Å². The molecular weight excluding hydrogens is 197 g/mol. The molecule has 3 heteroatoms. The molecule has 1 N–H and O–H groups in total. The summed E-state index contributed by atoms with van der Waals surface area (Å²) in [7, 11) is 0. The average Bonchev–Trinajstić information content (AvgIpc) is 2.23. The van der Waals surface area contributed by atoms with Crippen molar-refractivity contribution in [2.24, 2.45) is 0 Å². The highest BCUT2D eigenvalue weighted by Gasteiger charge is 2.14. The van der Waals surface area contributed by atoms with E-state index in [0.717, 1.165) is 12.8 Å². The highest BCUT2D eigenvalue weighted by atomic mass is 32.2. The summed E-state index contributed by atoms with van der Waals surface area (Å²) < 4.78 is 13.3. The van der Waals surface area contributed by atoms with Gasteiger partial charge in [-0.05, 0) is 36.5 Å². The van der Waals surface area contributed by atoms with Crippen molar-refractivity contribution in [3.8, 4) is 0 Å². The van der Waals surface area contributed by atoms with Crippen molar-refractivity contribution < 1.29 is 4.39 Å². The van der Waals surface area contributed by atoms with Gasteiger partial charge in [-0.2, -0.15) is 11.8 Å². The summed E-state index contributed by atoms with van der Waals surface area (Å²) >= 11 is 1.98. The van der Waals surface area contributed by atoms with E-state index in [9.17, 15) is 4.39 Å². The second-order valence-corrected chi connectivity index (χ2v) is 4.74. The lowest BCUT2D eigenvalue weighted by Gasteiger charge is -2.23. The standard InChI is InChI=1S/C11H14FNS/c12-10-3-1-2-4-11(10)13-9-5-7-14-8-6-9/h1-4,9,13H,5-8H2. The van der Waals surface area contributed by atoms with Crippen LogP contribution in [-0.4, -0.2) is 17.5 Å². The molecule has 1 aromatic carbocycles. The summed E-state index contributed by atoms with van der Waals surface area (Å²) in [5.41, 5.74) is 0.643. The van der Waals surface area contributed by atoms with Crippen LogP contribution in [0.4, 0.5) is 10.1 Å². The molecule has 1 heterocycles. The molecule has 0 amide bonds. The SMILES string of the molecule is Fc1ccccc1NC1CCSCC1. The van der Waals surface area contributed by atoms with E-state index in [1.54, 1.807) is 12.1 Å². The van der Waals surface area contributed by atoms with E-state index in [0.29, 0.717) is 11.7 Å². The molecule has 76 valence electrons. The van der Waals surface area contributed by atoms with E-state index in [4.69, 9.17) is 0 Å². The van der Waals surface area contributed by atoms with Gasteiger partial charge in [0.1, 0.15) is 5.82 Å². The van der Waals surface area contributed by atoms with Crippen LogP contribution in [0.2, 0.25) is 0 Å². The molecule has 2 rings (SSSR count). The highest BCUT2D eigenvalue weighted by Crippen LogP contribution is 2.22. The zero-order valence-corrected chi connectivity index (χ0v) is 8.82. The molecule has 0 aliphatic carbocycles. The van der Waals surface area contributed by atoms with Gasteiger partial charge in [-0.15, -0.1) is 0 Å². The Hall–Kier alpha value is -0.700. The molecule has 0 saturated carbocycles. The maximum atomic E-state index is 13.3. The lowest BCUT2D eigenvalue weighted by Crippen LogP contribution is -2.24. The number of anilines is 1. The van der Waals surface area contributed by atoms with Crippen LogP contribution in [0, 0.1) is 5.82 Å². The van der Waals surface area contributed by atoms with E-state index in [1.807, 2.05) is 17.8 Å². The van der Waals surface area contributed by atoms with E-state index < -0.39 is 0 Å². The van der Waals surface area contributed by atoms with Crippen molar-refractivity contribution in [2.75, 3.05) is 16.8 Å². The van der Waals surface area contributed by atoms with E-state index in [-0.39, 0.29) is 5.82 Å². The summed E-state index contributed by atoms with van der Waals surface area (Å²) in [6.07, 6.45) is 2.28. The highest BCUT2D eigenvalue weighted by molar-refractivity contribution is 7.99. The molecule has 1 aromatic rings. The topological polar surface area (TPSA) is 12.0 Å². The van der Waals surface area contributed by atoms with Gasteiger partial charge in [0, 0.05) is 6.04 Å². The fraction of sp³-hybridized carbons (Fsp3) is 0.455. The number of thioether (sulfide) groups is 1. The zero-order chi connectivity index (χ0) is 9.80. The number of halogens is 1. The fourth-order valence-electron chi connectivity index (χ4n) is 1.64. The van der Waals surface area contributed by atoms with Gasteiger partial charge in [0.25, 0.3) is 0 Å². The average molecular weight is 211 g/mol. The van der Waals surface area contributed by atoms with Crippen LogP contribution in [0.3, 0.4) is 0 Å². The normalized spacial score (nSPS) is 18.1. The minimum atomic E-state index is -0.147. The van der Waals surface area contributed by atoms with E-state index >= 15 is 0 Å². The maximum absolute atomic E-state index is 13.3. The van der Waals surface area contributed by atoms with Gasteiger partial charge < -0.3 is 5.32 Å². The van der Waals surface area contributed by atoms with E-state index in [1.165, 1.54) is 17.6 Å². The van der Waals surface area contributed by atoms with Crippen molar-refractivity contribution in [1.82, 2.24) is 0 Å². The molecule has 1 saturated heterocycles. The Morgan fingerprint density at radius 2 is 1.93 bits per heavy atom. The third-order valence-electron chi connectivity index (χ3n) is 2.45. The minimum Gasteiger partial charge on any atom is -0.380 e. The largest absolute Gasteiger partial charge is 0.380 e. The van der Waals surface area contributed by atoms with Crippen molar-refractivity contribution in [3.05, 3.63) is 30.1 Å². The first kappa shape index (κ1) is 9.84. The first-order valence-electron chi connectivity index (χ1n) is 4.95. The van der Waals surface area contributed by atoms with Gasteiger partial charge in [0.15, 0.2) is 0 Å². The predicted molar refractivity (Wildman–Crippen MR) is 60.4 cm³/mol. The molecule has 0 spiro atoms. The Bertz CT molecular complexity index is 297. The first-order chi connectivity index (χ1) is 6.86. The fourth-order valence-corrected chi connectivity index (χ4v) is 2.75. The van der Waals surface area contributed by atoms with Crippen molar-refractivity contribution >= 4 is 17.4 Å². The van der Waals surface area contributed by atoms with E-state index in [2.05, 4.69) is 5.32 Å². The molecule has 0 bridgehead atoms. The van der Waals surface area contributed by atoms with Gasteiger partial charge in [-0.25, -0.2) is 4.39 Å². The van der Waals surface area contributed by atoms with Crippen LogP contribution < -0.4 is 5.32 Å². The predicted octanol–water partition coefficient (Wildman–Crippen LogP) is 3.13. The molecule has 1 fully saturated rings. The van der Waals surface area contributed by atoms with Crippen molar-refractivity contribution in [1.29, 1.82) is 0 Å². The van der Waals surface area contributed by atoms with Crippen molar-refractivity contribution in [2.45, 2.75) is 18.9 Å². The van der Waals surface area contributed by atoms with Crippen LogP contribution in [0.1, 0.15) is 12.8 Å². The molecule has 0 unspecified atom stereocenters. The molecule has 0 atom stereocenters. The Morgan fingerprint density at radius 3 is 2.64 bits per heavy atom. The van der Waals surface area contributed by atoms with Gasteiger partial charge in [0.05, 0.1) is 5.69 Å². The number of hydrogen-bond donors (Lipinski definition) is 1. The summed E-state index contributed by atoms with van der Waals surface area (Å²) in [4.78, 5) is 0. The Balaban J connectivity index is 1.99.